The number of nitrogens with zero attached hydrogens (tertiary/aromatic N) is 1. The maximum absolute atomic E-state index is 12.4. The zero-order valence-electron chi connectivity index (χ0n) is 15.0. The second-order valence-corrected chi connectivity index (χ2v) is 7.26. The number of halogens is 2. The number of carbonyl (C=O) groups is 1. The molecule has 3 aromatic rings. The van der Waals surface area contributed by atoms with Crippen molar-refractivity contribution in [2.75, 3.05) is 5.32 Å². The zero-order valence-corrected chi connectivity index (χ0v) is 16.5. The van der Waals surface area contributed by atoms with Gasteiger partial charge in [-0.1, -0.05) is 41.8 Å². The molecule has 2 N–H and O–H groups in total. The number of nitrogens with one attached hydrogen (secondary N) is 2. The van der Waals surface area contributed by atoms with Gasteiger partial charge in [0, 0.05) is 18.0 Å². The first-order chi connectivity index (χ1) is 13.5. The summed E-state index contributed by atoms with van der Waals surface area (Å²) in [4.78, 5) is 39.3. The molecule has 0 unspecified atom stereocenters. The molecule has 6 nitrogen and oxygen atoms in total. The summed E-state index contributed by atoms with van der Waals surface area (Å²) in [6.45, 7) is 0.309. The number of aromatic nitrogens is 2. The molecule has 0 spiro atoms. The Morgan fingerprint density at radius 2 is 1.82 bits per heavy atom. The summed E-state index contributed by atoms with van der Waals surface area (Å²) in [6, 6.07) is 11.8. The van der Waals surface area contributed by atoms with Crippen molar-refractivity contribution in [1.82, 2.24) is 9.55 Å². The van der Waals surface area contributed by atoms with Crippen LogP contribution in [0.25, 0.3) is 10.9 Å². The van der Waals surface area contributed by atoms with Crippen LogP contribution < -0.4 is 16.6 Å². The SMILES string of the molecule is O=C(CCCCCn1c(=O)[nH]c2ccccc2c1=O)Nc1ccc(Cl)cc1Cl. The largest absolute Gasteiger partial charge is 0.328 e. The van der Waals surface area contributed by atoms with Crippen LogP contribution in [0.2, 0.25) is 10.0 Å². The summed E-state index contributed by atoms with van der Waals surface area (Å²) < 4.78 is 1.20. The van der Waals surface area contributed by atoms with Crippen molar-refractivity contribution in [3.8, 4) is 0 Å². The average Bonchev–Trinajstić information content (AvgIpc) is 2.66. The lowest BCUT2D eigenvalue weighted by Gasteiger charge is -2.08. The van der Waals surface area contributed by atoms with Crippen LogP contribution in [-0.4, -0.2) is 15.5 Å². The number of rotatable bonds is 7. The molecule has 146 valence electrons. The van der Waals surface area contributed by atoms with E-state index >= 15 is 0 Å². The lowest BCUT2D eigenvalue weighted by Crippen LogP contribution is -2.35. The highest BCUT2D eigenvalue weighted by atomic mass is 35.5. The van der Waals surface area contributed by atoms with Gasteiger partial charge in [0.1, 0.15) is 0 Å². The summed E-state index contributed by atoms with van der Waals surface area (Å²) in [5.41, 5.74) is 0.338. The normalized spacial score (nSPS) is 10.9. The number of carbonyl (C=O) groups excluding carboxylic acids is 1. The zero-order chi connectivity index (χ0) is 20.1. The molecule has 0 fully saturated rings. The maximum atomic E-state index is 12.4. The van der Waals surface area contributed by atoms with Gasteiger partial charge >= 0.3 is 5.69 Å². The Labute approximate surface area is 171 Å². The van der Waals surface area contributed by atoms with Crippen LogP contribution in [-0.2, 0) is 11.3 Å². The summed E-state index contributed by atoms with van der Waals surface area (Å²) in [7, 11) is 0. The van der Waals surface area contributed by atoms with Crippen LogP contribution in [0.5, 0.6) is 0 Å². The molecular weight excluding hydrogens is 401 g/mol. The van der Waals surface area contributed by atoms with Crippen molar-refractivity contribution in [3.63, 3.8) is 0 Å². The van der Waals surface area contributed by atoms with Crippen molar-refractivity contribution in [1.29, 1.82) is 0 Å². The van der Waals surface area contributed by atoms with Gasteiger partial charge in [0.2, 0.25) is 5.91 Å². The first kappa shape index (κ1) is 20.2. The van der Waals surface area contributed by atoms with Gasteiger partial charge in [-0.15, -0.1) is 0 Å². The number of amides is 1. The Morgan fingerprint density at radius 1 is 1.04 bits per heavy atom. The average molecular weight is 420 g/mol. The molecule has 0 bridgehead atoms. The predicted octanol–water partition coefficient (Wildman–Crippen LogP) is 4.20. The molecule has 1 heterocycles. The van der Waals surface area contributed by atoms with Crippen molar-refractivity contribution in [2.45, 2.75) is 32.2 Å². The van der Waals surface area contributed by atoms with Gasteiger partial charge in [-0.25, -0.2) is 4.79 Å². The second kappa shape index (κ2) is 9.08. The summed E-state index contributed by atoms with van der Waals surface area (Å²) in [5, 5.41) is 4.12. The number of fused-ring (bicyclic) bond motifs is 1. The molecular formula is C20H19Cl2N3O3. The van der Waals surface area contributed by atoms with Crippen LogP contribution in [0.4, 0.5) is 5.69 Å². The quantitative estimate of drug-likeness (QED) is 0.562. The number of H-pyrrole nitrogens is 1. The van der Waals surface area contributed by atoms with Crippen molar-refractivity contribution < 1.29 is 4.79 Å². The fourth-order valence-electron chi connectivity index (χ4n) is 2.94. The van der Waals surface area contributed by atoms with Gasteiger partial charge in [0.15, 0.2) is 0 Å². The third-order valence-electron chi connectivity index (χ3n) is 4.38. The van der Waals surface area contributed by atoms with Gasteiger partial charge in [-0.3, -0.25) is 14.2 Å². The van der Waals surface area contributed by atoms with Gasteiger partial charge < -0.3 is 10.3 Å². The van der Waals surface area contributed by atoms with E-state index in [1.165, 1.54) is 4.57 Å². The van der Waals surface area contributed by atoms with E-state index in [2.05, 4.69) is 10.3 Å². The highest BCUT2D eigenvalue weighted by Crippen LogP contribution is 2.25. The molecule has 0 aliphatic rings. The summed E-state index contributed by atoms with van der Waals surface area (Å²) >= 11 is 11.9. The van der Waals surface area contributed by atoms with E-state index in [0.29, 0.717) is 58.9 Å². The smallest absolute Gasteiger partial charge is 0.325 e. The minimum Gasteiger partial charge on any atom is -0.325 e. The van der Waals surface area contributed by atoms with E-state index in [1.807, 2.05) is 0 Å². The van der Waals surface area contributed by atoms with Gasteiger partial charge in [0.05, 0.1) is 21.6 Å². The minimum atomic E-state index is -0.418. The molecule has 0 saturated heterocycles. The molecule has 8 heteroatoms. The Morgan fingerprint density at radius 3 is 2.61 bits per heavy atom. The number of aromatic amines is 1. The third-order valence-corrected chi connectivity index (χ3v) is 4.93. The van der Waals surface area contributed by atoms with Crippen LogP contribution in [0.1, 0.15) is 25.7 Å². The van der Waals surface area contributed by atoms with E-state index in [4.69, 9.17) is 23.2 Å². The van der Waals surface area contributed by atoms with Gasteiger partial charge in [-0.05, 0) is 43.2 Å². The minimum absolute atomic E-state index is 0.148. The molecule has 0 saturated carbocycles. The predicted molar refractivity (Wildman–Crippen MR) is 112 cm³/mol. The number of hydrogen-bond acceptors (Lipinski definition) is 3. The van der Waals surface area contributed by atoms with E-state index < -0.39 is 5.69 Å². The summed E-state index contributed by atoms with van der Waals surface area (Å²) in [6.07, 6.45) is 2.29. The third kappa shape index (κ3) is 4.82. The topological polar surface area (TPSA) is 84.0 Å². The second-order valence-electron chi connectivity index (χ2n) is 6.42. The number of benzene rings is 2. The summed E-state index contributed by atoms with van der Waals surface area (Å²) in [5.74, 6) is -0.148. The van der Waals surface area contributed by atoms with E-state index in [-0.39, 0.29) is 11.5 Å². The van der Waals surface area contributed by atoms with Gasteiger partial charge in [-0.2, -0.15) is 0 Å². The molecule has 2 aromatic carbocycles. The van der Waals surface area contributed by atoms with Crippen LogP contribution in [0.15, 0.2) is 52.1 Å². The first-order valence-electron chi connectivity index (χ1n) is 8.92. The van der Waals surface area contributed by atoms with E-state index in [9.17, 15) is 14.4 Å². The lowest BCUT2D eigenvalue weighted by molar-refractivity contribution is -0.116. The Balaban J connectivity index is 1.50. The van der Waals surface area contributed by atoms with Crippen LogP contribution >= 0.6 is 23.2 Å². The van der Waals surface area contributed by atoms with Gasteiger partial charge in [0.25, 0.3) is 5.56 Å². The van der Waals surface area contributed by atoms with E-state index in [0.717, 1.165) is 0 Å². The molecule has 1 amide bonds. The highest BCUT2D eigenvalue weighted by molar-refractivity contribution is 6.36. The van der Waals surface area contributed by atoms with Crippen molar-refractivity contribution in [3.05, 3.63) is 73.3 Å². The molecule has 3 rings (SSSR count). The Hall–Kier alpha value is -2.57. The van der Waals surface area contributed by atoms with Crippen molar-refractivity contribution in [2.24, 2.45) is 0 Å². The number of para-hydroxylation sites is 1. The molecule has 1 aromatic heterocycles. The molecule has 28 heavy (non-hydrogen) atoms. The Bertz CT molecular complexity index is 1120. The number of hydrogen-bond donors (Lipinski definition) is 2. The van der Waals surface area contributed by atoms with Crippen molar-refractivity contribution >= 4 is 45.7 Å². The molecule has 0 aliphatic heterocycles. The molecule has 0 aliphatic carbocycles. The molecule has 0 atom stereocenters. The molecule has 0 radical (unpaired) electrons. The fraction of sp³-hybridized carbons (Fsp3) is 0.250. The van der Waals surface area contributed by atoms with Crippen LogP contribution in [0.3, 0.4) is 0 Å². The Kier molecular flexibility index (Phi) is 6.54. The number of unbranched alkanes of at least 4 members (excludes halogenated alkanes) is 2. The fourth-order valence-corrected chi connectivity index (χ4v) is 3.39. The van der Waals surface area contributed by atoms with Crippen LogP contribution in [0, 0.1) is 0 Å². The standard InChI is InChI=1S/C20H19Cl2N3O3/c21-13-9-10-17(15(22)12-13)23-18(26)8-2-1-5-11-25-19(27)14-6-3-4-7-16(14)24-20(25)28/h3-4,6-7,9-10,12H,1-2,5,8,11H2,(H,23,26)(H,24,28). The highest BCUT2D eigenvalue weighted by Gasteiger charge is 2.08. The number of anilines is 1. The van der Waals surface area contributed by atoms with E-state index in [1.54, 1.807) is 42.5 Å². The lowest BCUT2D eigenvalue weighted by atomic mass is 10.2. The maximum Gasteiger partial charge on any atom is 0.328 e. The first-order valence-corrected chi connectivity index (χ1v) is 9.68. The monoisotopic (exact) mass is 419 g/mol.